The van der Waals surface area contributed by atoms with Gasteiger partial charge in [-0.25, -0.2) is 14.7 Å². The van der Waals surface area contributed by atoms with Gasteiger partial charge in [-0.2, -0.15) is 0 Å². The van der Waals surface area contributed by atoms with Crippen molar-refractivity contribution >= 4 is 11.9 Å². The van der Waals surface area contributed by atoms with Crippen LogP contribution in [0.15, 0.2) is 0 Å². The van der Waals surface area contributed by atoms with E-state index in [4.69, 9.17) is 19.8 Å². The molecule has 0 aromatic heterocycles. The largest absolute Gasteiger partial charge is 0.481 e. The number of carboxylic acid groups (broad SMARTS) is 1. The van der Waals surface area contributed by atoms with Crippen LogP contribution in [0.2, 0.25) is 0 Å². The lowest BCUT2D eigenvalue weighted by atomic mass is 9.76. The lowest BCUT2D eigenvalue weighted by molar-refractivity contribution is -0.339. The molecule has 4 saturated carbocycles. The Morgan fingerprint density at radius 1 is 0.711 bits per heavy atom. The Hall–Kier alpha value is -1.26. The Morgan fingerprint density at radius 3 is 1.92 bits per heavy atom. The minimum Gasteiger partial charge on any atom is -0.481 e. The van der Waals surface area contributed by atoms with Crippen molar-refractivity contribution in [2.45, 2.75) is 121 Å². The number of aliphatic carboxylic acids is 1. The van der Waals surface area contributed by atoms with E-state index in [2.05, 4.69) is 4.89 Å². The SMILES string of the molecule is O=C(O)C1CCC(O)CC1C(=O)OC1CCC(CC2CCC(OOCC3CCCCC3COO)CC2)CC1. The summed E-state index contributed by atoms with van der Waals surface area (Å²) < 4.78 is 5.75. The Balaban J connectivity index is 1.09. The average molecular weight is 541 g/mol. The number of ether oxygens (including phenoxy) is 1. The van der Waals surface area contributed by atoms with E-state index in [0.717, 1.165) is 64.2 Å². The van der Waals surface area contributed by atoms with Crippen molar-refractivity contribution in [1.29, 1.82) is 0 Å². The van der Waals surface area contributed by atoms with Gasteiger partial charge in [0.1, 0.15) is 6.10 Å². The molecule has 4 fully saturated rings. The van der Waals surface area contributed by atoms with Gasteiger partial charge >= 0.3 is 11.9 Å². The van der Waals surface area contributed by atoms with Gasteiger partial charge in [0.25, 0.3) is 0 Å². The molecule has 0 bridgehead atoms. The van der Waals surface area contributed by atoms with E-state index in [0.29, 0.717) is 49.7 Å². The highest BCUT2D eigenvalue weighted by atomic mass is 17.2. The number of carbonyl (C=O) groups is 2. The van der Waals surface area contributed by atoms with Crippen molar-refractivity contribution in [2.75, 3.05) is 13.2 Å². The minimum absolute atomic E-state index is 0.138. The molecule has 9 heteroatoms. The fourth-order valence-corrected chi connectivity index (χ4v) is 7.42. The number of esters is 1. The van der Waals surface area contributed by atoms with Crippen LogP contribution >= 0.6 is 0 Å². The second-order valence-electron chi connectivity index (χ2n) is 12.5. The van der Waals surface area contributed by atoms with Gasteiger partial charge in [0.15, 0.2) is 0 Å². The fourth-order valence-electron chi connectivity index (χ4n) is 7.42. The molecule has 0 radical (unpaired) electrons. The van der Waals surface area contributed by atoms with E-state index in [1.807, 2.05) is 0 Å². The molecule has 5 atom stereocenters. The fraction of sp³-hybridized carbons (Fsp3) is 0.931. The number of aliphatic hydroxyl groups excluding tert-OH is 1. The predicted octanol–water partition coefficient (Wildman–Crippen LogP) is 5.14. The zero-order chi connectivity index (χ0) is 26.9. The molecular weight excluding hydrogens is 492 g/mol. The van der Waals surface area contributed by atoms with Gasteiger partial charge in [-0.05, 0) is 114 Å². The molecule has 218 valence electrons. The molecule has 0 spiro atoms. The maximum Gasteiger partial charge on any atom is 0.310 e. The van der Waals surface area contributed by atoms with Gasteiger partial charge in [-0.3, -0.25) is 14.8 Å². The van der Waals surface area contributed by atoms with Gasteiger partial charge in [0.2, 0.25) is 0 Å². The third-order valence-corrected chi connectivity index (χ3v) is 9.82. The summed E-state index contributed by atoms with van der Waals surface area (Å²) in [5, 5.41) is 28.2. The maximum absolute atomic E-state index is 12.7. The highest BCUT2D eigenvalue weighted by molar-refractivity contribution is 5.81. The number of aliphatic hydroxyl groups is 1. The van der Waals surface area contributed by atoms with Crippen molar-refractivity contribution < 1.29 is 44.5 Å². The quantitative estimate of drug-likeness (QED) is 0.185. The zero-order valence-electron chi connectivity index (χ0n) is 22.7. The van der Waals surface area contributed by atoms with E-state index in [1.165, 1.54) is 19.3 Å². The van der Waals surface area contributed by atoms with Gasteiger partial charge < -0.3 is 14.9 Å². The monoisotopic (exact) mass is 540 g/mol. The highest BCUT2D eigenvalue weighted by Crippen LogP contribution is 2.38. The second kappa shape index (κ2) is 14.9. The summed E-state index contributed by atoms with van der Waals surface area (Å²) in [7, 11) is 0. The van der Waals surface area contributed by atoms with Crippen LogP contribution in [0.4, 0.5) is 0 Å². The Labute approximate surface area is 226 Å². The molecule has 5 unspecified atom stereocenters. The molecule has 38 heavy (non-hydrogen) atoms. The Morgan fingerprint density at radius 2 is 1.32 bits per heavy atom. The average Bonchev–Trinajstić information content (AvgIpc) is 2.91. The third kappa shape index (κ3) is 8.62. The summed E-state index contributed by atoms with van der Waals surface area (Å²) in [5.74, 6) is -0.845. The summed E-state index contributed by atoms with van der Waals surface area (Å²) in [4.78, 5) is 40.1. The molecular formula is C29H48O9. The van der Waals surface area contributed by atoms with Crippen LogP contribution in [0.25, 0.3) is 0 Å². The summed E-state index contributed by atoms with van der Waals surface area (Å²) >= 11 is 0. The minimum atomic E-state index is -0.972. The number of hydrogen-bond donors (Lipinski definition) is 3. The lowest BCUT2D eigenvalue weighted by Gasteiger charge is -2.35. The molecule has 0 aromatic rings. The maximum atomic E-state index is 12.7. The van der Waals surface area contributed by atoms with Gasteiger partial charge in [0, 0.05) is 0 Å². The molecule has 0 amide bonds. The first-order valence-corrected chi connectivity index (χ1v) is 15.1. The van der Waals surface area contributed by atoms with E-state index in [9.17, 15) is 19.8 Å². The molecule has 0 saturated heterocycles. The van der Waals surface area contributed by atoms with Crippen LogP contribution in [-0.2, 0) is 29.0 Å². The first kappa shape index (κ1) is 29.7. The number of carboxylic acids is 1. The van der Waals surface area contributed by atoms with E-state index in [1.54, 1.807) is 0 Å². The summed E-state index contributed by atoms with van der Waals surface area (Å²) in [6, 6.07) is 0. The zero-order valence-corrected chi connectivity index (χ0v) is 22.7. The molecule has 0 aromatic carbocycles. The molecule has 3 N–H and O–H groups in total. The summed E-state index contributed by atoms with van der Waals surface area (Å²) in [5.41, 5.74) is 0. The number of hydrogen-bond acceptors (Lipinski definition) is 8. The van der Waals surface area contributed by atoms with Crippen LogP contribution < -0.4 is 0 Å². The van der Waals surface area contributed by atoms with E-state index >= 15 is 0 Å². The standard InChI is InChI=1S/C29H48O9/c30-23-9-14-26(28(31)32)27(16-23)29(33)37-24-10-5-19(6-11-24)15-20-7-12-25(13-8-20)38-36-18-22-4-2-1-3-21(22)17-35-34/h19-27,30,34H,1-18H2,(H,31,32). The summed E-state index contributed by atoms with van der Waals surface area (Å²) in [6.45, 7) is 0.944. The van der Waals surface area contributed by atoms with Gasteiger partial charge in [0.05, 0.1) is 37.3 Å². The van der Waals surface area contributed by atoms with Gasteiger partial charge in [-0.1, -0.05) is 12.8 Å². The molecule has 4 aliphatic carbocycles. The molecule has 0 heterocycles. The highest BCUT2D eigenvalue weighted by Gasteiger charge is 2.41. The van der Waals surface area contributed by atoms with Crippen molar-refractivity contribution in [1.82, 2.24) is 0 Å². The summed E-state index contributed by atoms with van der Waals surface area (Å²) in [6.07, 6.45) is 14.1. The predicted molar refractivity (Wildman–Crippen MR) is 138 cm³/mol. The van der Waals surface area contributed by atoms with Crippen molar-refractivity contribution in [3.8, 4) is 0 Å². The van der Waals surface area contributed by atoms with E-state index < -0.39 is 29.9 Å². The normalized spacial score (nSPS) is 38.4. The van der Waals surface area contributed by atoms with Crippen molar-refractivity contribution in [3.05, 3.63) is 0 Å². The number of carbonyl (C=O) groups excluding carboxylic acids is 1. The van der Waals surface area contributed by atoms with Crippen LogP contribution in [0.3, 0.4) is 0 Å². The smallest absolute Gasteiger partial charge is 0.310 e. The van der Waals surface area contributed by atoms with Crippen LogP contribution in [0, 0.1) is 35.5 Å². The molecule has 0 aliphatic heterocycles. The van der Waals surface area contributed by atoms with Crippen molar-refractivity contribution in [3.63, 3.8) is 0 Å². The Kier molecular flexibility index (Phi) is 11.7. The molecule has 4 rings (SSSR count). The Bertz CT molecular complexity index is 728. The van der Waals surface area contributed by atoms with E-state index in [-0.39, 0.29) is 18.6 Å². The topological polar surface area (TPSA) is 132 Å². The van der Waals surface area contributed by atoms with Crippen LogP contribution in [0.1, 0.15) is 103 Å². The molecule has 4 aliphatic rings. The van der Waals surface area contributed by atoms with Crippen LogP contribution in [0.5, 0.6) is 0 Å². The van der Waals surface area contributed by atoms with Crippen LogP contribution in [-0.4, -0.2) is 58.9 Å². The van der Waals surface area contributed by atoms with Crippen molar-refractivity contribution in [2.24, 2.45) is 35.5 Å². The lowest BCUT2D eigenvalue weighted by Crippen LogP contribution is -2.40. The third-order valence-electron chi connectivity index (χ3n) is 9.82. The van der Waals surface area contributed by atoms with Gasteiger partial charge in [-0.15, -0.1) is 0 Å². The molecule has 9 nitrogen and oxygen atoms in total. The first-order valence-electron chi connectivity index (χ1n) is 15.1. The second-order valence-corrected chi connectivity index (χ2v) is 12.5. The number of rotatable bonds is 11. The first-order chi connectivity index (χ1) is 18.4.